The Labute approximate surface area is 156 Å². The molecule has 1 fully saturated rings. The number of morpholine rings is 1. The lowest BCUT2D eigenvalue weighted by Gasteiger charge is -2.31. The molecular formula is C22H28N2O2. The number of hydrogen-bond acceptors (Lipinski definition) is 3. The van der Waals surface area contributed by atoms with E-state index in [1.54, 1.807) is 0 Å². The summed E-state index contributed by atoms with van der Waals surface area (Å²) >= 11 is 0. The number of ether oxygens (including phenoxy) is 1. The van der Waals surface area contributed by atoms with Gasteiger partial charge in [-0.05, 0) is 24.5 Å². The summed E-state index contributed by atoms with van der Waals surface area (Å²) in [4.78, 5) is 15.5. The smallest absolute Gasteiger partial charge is 0.230 e. The summed E-state index contributed by atoms with van der Waals surface area (Å²) in [5.74, 6) is 0.0841. The second kappa shape index (κ2) is 8.97. The van der Waals surface area contributed by atoms with E-state index in [9.17, 15) is 4.79 Å². The molecule has 0 spiro atoms. The summed E-state index contributed by atoms with van der Waals surface area (Å²) in [5.41, 5.74) is 1.63. The van der Waals surface area contributed by atoms with Crippen molar-refractivity contribution in [3.05, 3.63) is 71.8 Å². The molecule has 0 aliphatic carbocycles. The SMILES string of the molecule is CC(Cc1ccccc1)(C(=O)NCCN1CCOCC1)c1ccccc1. The van der Waals surface area contributed by atoms with Gasteiger partial charge in [0, 0.05) is 26.2 Å². The van der Waals surface area contributed by atoms with Crippen molar-refractivity contribution in [2.24, 2.45) is 0 Å². The zero-order valence-corrected chi connectivity index (χ0v) is 15.5. The van der Waals surface area contributed by atoms with Crippen molar-refractivity contribution in [3.8, 4) is 0 Å². The summed E-state index contributed by atoms with van der Waals surface area (Å²) in [6.45, 7) is 7.01. The number of benzene rings is 2. The molecule has 26 heavy (non-hydrogen) atoms. The van der Waals surface area contributed by atoms with E-state index in [1.807, 2.05) is 55.5 Å². The van der Waals surface area contributed by atoms with E-state index >= 15 is 0 Å². The van der Waals surface area contributed by atoms with E-state index in [4.69, 9.17) is 4.74 Å². The molecule has 4 nitrogen and oxygen atoms in total. The molecule has 3 rings (SSSR count). The second-order valence-electron chi connectivity index (χ2n) is 7.07. The molecule has 1 N–H and O–H groups in total. The minimum Gasteiger partial charge on any atom is -0.379 e. The summed E-state index contributed by atoms with van der Waals surface area (Å²) in [7, 11) is 0. The van der Waals surface area contributed by atoms with E-state index in [1.165, 1.54) is 5.56 Å². The van der Waals surface area contributed by atoms with Gasteiger partial charge in [0.15, 0.2) is 0 Å². The molecule has 0 saturated carbocycles. The first kappa shape index (κ1) is 18.6. The fourth-order valence-corrected chi connectivity index (χ4v) is 3.47. The van der Waals surface area contributed by atoms with Crippen LogP contribution in [0.1, 0.15) is 18.1 Å². The highest BCUT2D eigenvalue weighted by Crippen LogP contribution is 2.28. The van der Waals surface area contributed by atoms with Crippen LogP contribution in [0.5, 0.6) is 0 Å². The van der Waals surface area contributed by atoms with E-state index < -0.39 is 5.41 Å². The maximum Gasteiger partial charge on any atom is 0.230 e. The molecule has 1 saturated heterocycles. The van der Waals surface area contributed by atoms with Gasteiger partial charge in [-0.15, -0.1) is 0 Å². The summed E-state index contributed by atoms with van der Waals surface area (Å²) in [6.07, 6.45) is 0.682. The number of nitrogens with one attached hydrogen (secondary N) is 1. The lowest BCUT2D eigenvalue weighted by Crippen LogP contribution is -2.47. The number of rotatable bonds is 7. The largest absolute Gasteiger partial charge is 0.379 e. The van der Waals surface area contributed by atoms with Crippen molar-refractivity contribution in [3.63, 3.8) is 0 Å². The third-order valence-corrected chi connectivity index (χ3v) is 5.13. The predicted molar refractivity (Wildman–Crippen MR) is 104 cm³/mol. The fourth-order valence-electron chi connectivity index (χ4n) is 3.47. The monoisotopic (exact) mass is 352 g/mol. The van der Waals surface area contributed by atoms with Gasteiger partial charge < -0.3 is 10.1 Å². The molecule has 0 aromatic heterocycles. The van der Waals surface area contributed by atoms with Gasteiger partial charge in [-0.2, -0.15) is 0 Å². The maximum atomic E-state index is 13.2. The van der Waals surface area contributed by atoms with Crippen LogP contribution in [0, 0.1) is 0 Å². The Bertz CT molecular complexity index is 684. The van der Waals surface area contributed by atoms with Gasteiger partial charge in [-0.1, -0.05) is 60.7 Å². The zero-order valence-electron chi connectivity index (χ0n) is 15.5. The number of hydrogen-bond donors (Lipinski definition) is 1. The molecule has 0 bridgehead atoms. The average Bonchev–Trinajstić information content (AvgIpc) is 2.70. The highest BCUT2D eigenvalue weighted by Gasteiger charge is 2.35. The molecule has 4 heteroatoms. The summed E-state index contributed by atoms with van der Waals surface area (Å²) in [5, 5.41) is 3.17. The van der Waals surface area contributed by atoms with Crippen molar-refractivity contribution >= 4 is 5.91 Å². The Morgan fingerprint density at radius 2 is 1.65 bits per heavy atom. The third-order valence-electron chi connectivity index (χ3n) is 5.13. The van der Waals surface area contributed by atoms with E-state index in [-0.39, 0.29) is 5.91 Å². The molecule has 1 atom stereocenters. The molecule has 1 aliphatic heterocycles. The van der Waals surface area contributed by atoms with Gasteiger partial charge in [-0.3, -0.25) is 9.69 Å². The van der Waals surface area contributed by atoms with Gasteiger partial charge >= 0.3 is 0 Å². The number of carbonyl (C=O) groups is 1. The molecule has 1 unspecified atom stereocenters. The van der Waals surface area contributed by atoms with Crippen LogP contribution >= 0.6 is 0 Å². The molecule has 1 heterocycles. The zero-order chi connectivity index (χ0) is 18.2. The van der Waals surface area contributed by atoms with Gasteiger partial charge in [0.2, 0.25) is 5.91 Å². The first-order chi connectivity index (χ1) is 12.7. The van der Waals surface area contributed by atoms with Crippen molar-refractivity contribution in [2.45, 2.75) is 18.8 Å². The van der Waals surface area contributed by atoms with E-state index in [0.29, 0.717) is 13.0 Å². The first-order valence-corrected chi connectivity index (χ1v) is 9.36. The fraction of sp³-hybridized carbons (Fsp3) is 0.409. The van der Waals surface area contributed by atoms with Crippen LogP contribution in [0.3, 0.4) is 0 Å². The Kier molecular flexibility index (Phi) is 6.42. The highest BCUT2D eigenvalue weighted by atomic mass is 16.5. The number of amides is 1. The second-order valence-corrected chi connectivity index (χ2v) is 7.07. The first-order valence-electron chi connectivity index (χ1n) is 9.36. The lowest BCUT2D eigenvalue weighted by molar-refractivity contribution is -0.126. The van der Waals surface area contributed by atoms with Crippen LogP contribution in [-0.2, 0) is 21.4 Å². The van der Waals surface area contributed by atoms with Crippen LogP contribution in [0.4, 0.5) is 0 Å². The molecule has 2 aromatic rings. The standard InChI is InChI=1S/C22H28N2O2/c1-22(20-10-6-3-7-11-20,18-19-8-4-2-5-9-19)21(25)23-12-13-24-14-16-26-17-15-24/h2-11H,12-18H2,1H3,(H,23,25). The molecule has 0 radical (unpaired) electrons. The van der Waals surface area contributed by atoms with Gasteiger partial charge in [0.25, 0.3) is 0 Å². The molecular weight excluding hydrogens is 324 g/mol. The van der Waals surface area contributed by atoms with Gasteiger partial charge in [0.05, 0.1) is 18.6 Å². The maximum absolute atomic E-state index is 13.2. The Hall–Kier alpha value is -2.17. The normalized spacial score (nSPS) is 17.4. The van der Waals surface area contributed by atoms with Gasteiger partial charge in [0.1, 0.15) is 0 Å². The van der Waals surface area contributed by atoms with Crippen molar-refractivity contribution < 1.29 is 9.53 Å². The number of carbonyl (C=O) groups excluding carboxylic acids is 1. The molecule has 2 aromatic carbocycles. The topological polar surface area (TPSA) is 41.6 Å². The van der Waals surface area contributed by atoms with Crippen molar-refractivity contribution in [2.75, 3.05) is 39.4 Å². The van der Waals surface area contributed by atoms with Crippen LogP contribution in [0.25, 0.3) is 0 Å². The van der Waals surface area contributed by atoms with E-state index in [2.05, 4.69) is 22.3 Å². The summed E-state index contributed by atoms with van der Waals surface area (Å²) < 4.78 is 5.38. The van der Waals surface area contributed by atoms with Crippen LogP contribution < -0.4 is 5.32 Å². The number of nitrogens with zero attached hydrogens (tertiary/aromatic N) is 1. The molecule has 1 amide bonds. The van der Waals surface area contributed by atoms with Crippen LogP contribution in [0.2, 0.25) is 0 Å². The minimum absolute atomic E-state index is 0.0841. The minimum atomic E-state index is -0.590. The van der Waals surface area contributed by atoms with E-state index in [0.717, 1.165) is 38.4 Å². The van der Waals surface area contributed by atoms with Crippen LogP contribution in [0.15, 0.2) is 60.7 Å². The Morgan fingerprint density at radius 3 is 2.31 bits per heavy atom. The molecule has 1 aliphatic rings. The quantitative estimate of drug-likeness (QED) is 0.833. The highest BCUT2D eigenvalue weighted by molar-refractivity contribution is 5.88. The lowest BCUT2D eigenvalue weighted by atomic mass is 9.76. The summed E-state index contributed by atoms with van der Waals surface area (Å²) in [6, 6.07) is 20.3. The van der Waals surface area contributed by atoms with Crippen molar-refractivity contribution in [1.29, 1.82) is 0 Å². The Morgan fingerprint density at radius 1 is 1.04 bits per heavy atom. The average molecular weight is 352 g/mol. The third kappa shape index (κ3) is 4.71. The predicted octanol–water partition coefficient (Wildman–Crippen LogP) is 2.64. The molecule has 138 valence electrons. The van der Waals surface area contributed by atoms with Crippen LogP contribution in [-0.4, -0.2) is 50.2 Å². The Balaban J connectivity index is 1.69. The van der Waals surface area contributed by atoms with Gasteiger partial charge in [-0.25, -0.2) is 0 Å². The van der Waals surface area contributed by atoms with Crippen molar-refractivity contribution in [1.82, 2.24) is 10.2 Å².